The average Bonchev–Trinajstić information content (AvgIpc) is 2.43. The summed E-state index contributed by atoms with van der Waals surface area (Å²) in [4.78, 5) is 0. The predicted molar refractivity (Wildman–Crippen MR) is 76.0 cm³/mol. The van der Waals surface area contributed by atoms with E-state index in [0.29, 0.717) is 0 Å². The molecule has 0 amide bonds. The lowest BCUT2D eigenvalue weighted by atomic mass is 9.72. The zero-order valence-corrected chi connectivity index (χ0v) is 13.1. The van der Waals surface area contributed by atoms with Crippen molar-refractivity contribution in [3.8, 4) is 0 Å². The second-order valence-electron chi connectivity index (χ2n) is 5.15. The maximum Gasteiger partial charge on any atom is 0.147 e. The van der Waals surface area contributed by atoms with Crippen LogP contribution in [0.15, 0.2) is 30.3 Å². The third-order valence-corrected chi connectivity index (χ3v) is 5.15. The third-order valence-electron chi connectivity index (χ3n) is 4.42. The Kier molecular flexibility index (Phi) is 4.40. The van der Waals surface area contributed by atoms with Gasteiger partial charge in [-0.25, -0.2) is 0 Å². The van der Waals surface area contributed by atoms with Crippen molar-refractivity contribution in [1.82, 2.24) is 0 Å². The van der Waals surface area contributed by atoms with Gasteiger partial charge in [0.2, 0.25) is 0 Å². The summed E-state index contributed by atoms with van der Waals surface area (Å²) >= 11 is 0. The summed E-state index contributed by atoms with van der Waals surface area (Å²) in [6.07, 6.45) is 7.95. The van der Waals surface area contributed by atoms with Crippen LogP contribution in [-0.4, -0.2) is 10.5 Å². The van der Waals surface area contributed by atoms with E-state index in [0.717, 1.165) is 22.8 Å². The predicted octanol–water partition coefficient (Wildman–Crippen LogP) is 3.17. The molecule has 2 rings (SSSR count). The van der Waals surface area contributed by atoms with Gasteiger partial charge in [0.1, 0.15) is 10.5 Å². The molecule has 1 aliphatic carbocycles. The van der Waals surface area contributed by atoms with Gasteiger partial charge in [-0.15, -0.1) is 0 Å². The summed E-state index contributed by atoms with van der Waals surface area (Å²) in [5.74, 6) is 0.723. The van der Waals surface area contributed by atoms with Crippen molar-refractivity contribution in [2.45, 2.75) is 51.0 Å². The number of hydrogen-bond donors (Lipinski definition) is 0. The molecule has 1 unspecified atom stereocenters. The van der Waals surface area contributed by atoms with Crippen LogP contribution in [0.2, 0.25) is 0 Å². The van der Waals surface area contributed by atoms with Crippen molar-refractivity contribution in [3.63, 3.8) is 0 Å². The minimum absolute atomic E-state index is 0.00784. The van der Waals surface area contributed by atoms with Gasteiger partial charge in [0, 0.05) is 0 Å². The van der Waals surface area contributed by atoms with Gasteiger partial charge < -0.3 is 4.43 Å². The molecule has 1 nitrogen and oxygen atoms in total. The average molecular weight is 248 g/mol. The first-order valence-corrected chi connectivity index (χ1v) is 7.76. The van der Waals surface area contributed by atoms with Crippen molar-refractivity contribution in [1.29, 1.82) is 0 Å². The molecule has 94 valence electrons. The van der Waals surface area contributed by atoms with Gasteiger partial charge in [-0.05, 0) is 30.7 Å². The minimum atomic E-state index is 0.00784. The molecule has 1 atom stereocenters. The van der Waals surface area contributed by atoms with E-state index in [9.17, 15) is 0 Å². The maximum absolute atomic E-state index is 6.15. The van der Waals surface area contributed by atoms with Crippen molar-refractivity contribution in [2.24, 2.45) is 5.92 Å². The van der Waals surface area contributed by atoms with E-state index in [2.05, 4.69) is 37.3 Å². The molecule has 1 saturated carbocycles. The summed E-state index contributed by atoms with van der Waals surface area (Å²) in [5, 5.41) is 0. The van der Waals surface area contributed by atoms with Crippen LogP contribution in [0.4, 0.5) is 0 Å². The molecular formula is C15H24OSi. The van der Waals surface area contributed by atoms with E-state index in [1.54, 1.807) is 0 Å². The zero-order chi connectivity index (χ0) is 12.1. The van der Waals surface area contributed by atoms with Gasteiger partial charge in [0.25, 0.3) is 0 Å². The van der Waals surface area contributed by atoms with E-state index in [1.165, 1.54) is 37.7 Å². The monoisotopic (exact) mass is 248 g/mol. The van der Waals surface area contributed by atoms with E-state index < -0.39 is 0 Å². The van der Waals surface area contributed by atoms with Crippen molar-refractivity contribution >= 4 is 10.5 Å². The highest BCUT2D eigenvalue weighted by Crippen LogP contribution is 2.43. The van der Waals surface area contributed by atoms with Gasteiger partial charge in [0.05, 0.1) is 5.60 Å². The van der Waals surface area contributed by atoms with Gasteiger partial charge >= 0.3 is 0 Å². The molecule has 0 heterocycles. The SMILES string of the molecule is CCC(O[SiH3])(c1ccccc1)C1CCCCC1. The van der Waals surface area contributed by atoms with Gasteiger partial charge in [-0.2, -0.15) is 0 Å². The van der Waals surface area contributed by atoms with Crippen LogP contribution < -0.4 is 0 Å². The van der Waals surface area contributed by atoms with Crippen molar-refractivity contribution < 1.29 is 4.43 Å². The third kappa shape index (κ3) is 2.48. The fourth-order valence-corrected chi connectivity index (χ4v) is 4.30. The Balaban J connectivity index is 2.30. The fourth-order valence-electron chi connectivity index (χ4n) is 3.45. The highest BCUT2D eigenvalue weighted by Gasteiger charge is 2.38. The zero-order valence-electron chi connectivity index (χ0n) is 11.1. The summed E-state index contributed by atoms with van der Waals surface area (Å²) in [5.41, 5.74) is 1.40. The Morgan fingerprint density at radius 1 is 1.18 bits per heavy atom. The lowest BCUT2D eigenvalue weighted by Crippen LogP contribution is -2.38. The standard InChI is InChI=1S/C15H24OSi/c1-2-15(16-17,13-9-5-3-6-10-13)14-11-7-4-8-12-14/h3,5-6,9-10,14H,2,4,7-8,11-12H2,1,17H3. The largest absolute Gasteiger partial charge is 0.418 e. The number of rotatable bonds is 4. The number of hydrogen-bond acceptors (Lipinski definition) is 1. The topological polar surface area (TPSA) is 9.23 Å². The molecule has 1 aromatic carbocycles. The van der Waals surface area contributed by atoms with E-state index >= 15 is 0 Å². The van der Waals surface area contributed by atoms with Crippen LogP contribution in [0.1, 0.15) is 51.0 Å². The van der Waals surface area contributed by atoms with Crippen LogP contribution in [0.3, 0.4) is 0 Å². The molecule has 0 aliphatic heterocycles. The lowest BCUT2D eigenvalue weighted by Gasteiger charge is -2.42. The molecule has 0 radical (unpaired) electrons. The first-order chi connectivity index (χ1) is 8.33. The normalized spacial score (nSPS) is 21.2. The van der Waals surface area contributed by atoms with Crippen LogP contribution in [0.25, 0.3) is 0 Å². The molecule has 2 heteroatoms. The molecule has 0 N–H and O–H groups in total. The molecule has 1 aliphatic rings. The molecule has 0 aromatic heterocycles. The molecule has 0 bridgehead atoms. The molecule has 1 aromatic rings. The van der Waals surface area contributed by atoms with Crippen LogP contribution in [0, 0.1) is 5.92 Å². The van der Waals surface area contributed by atoms with E-state index in [1.807, 2.05) is 0 Å². The van der Waals surface area contributed by atoms with Crippen LogP contribution >= 0.6 is 0 Å². The smallest absolute Gasteiger partial charge is 0.147 e. The Morgan fingerprint density at radius 2 is 1.82 bits per heavy atom. The van der Waals surface area contributed by atoms with Crippen molar-refractivity contribution in [2.75, 3.05) is 0 Å². The van der Waals surface area contributed by atoms with E-state index in [4.69, 9.17) is 4.43 Å². The molecule has 17 heavy (non-hydrogen) atoms. The Labute approximate surface area is 108 Å². The minimum Gasteiger partial charge on any atom is -0.418 e. The Hall–Kier alpha value is -0.603. The fraction of sp³-hybridized carbons (Fsp3) is 0.600. The Bertz CT molecular complexity index is 326. The lowest BCUT2D eigenvalue weighted by molar-refractivity contribution is -0.0105. The van der Waals surface area contributed by atoms with Gasteiger partial charge in [-0.1, -0.05) is 56.5 Å². The second-order valence-corrected chi connectivity index (χ2v) is 5.56. The molecule has 0 spiro atoms. The van der Waals surface area contributed by atoms with Crippen LogP contribution in [-0.2, 0) is 10.0 Å². The molecule has 0 saturated heterocycles. The first kappa shape index (κ1) is 12.8. The summed E-state index contributed by atoms with van der Waals surface area (Å²) in [7, 11) is 0.824. The van der Waals surface area contributed by atoms with Gasteiger partial charge in [-0.3, -0.25) is 0 Å². The first-order valence-electron chi connectivity index (χ1n) is 6.94. The second kappa shape index (κ2) is 5.83. The highest BCUT2D eigenvalue weighted by molar-refractivity contribution is 5.98. The van der Waals surface area contributed by atoms with Crippen LogP contribution in [0.5, 0.6) is 0 Å². The highest BCUT2D eigenvalue weighted by atomic mass is 28.2. The summed E-state index contributed by atoms with van der Waals surface area (Å²) < 4.78 is 6.15. The molecular weight excluding hydrogens is 224 g/mol. The quantitative estimate of drug-likeness (QED) is 0.744. The molecule has 1 fully saturated rings. The van der Waals surface area contributed by atoms with Gasteiger partial charge in [0.15, 0.2) is 0 Å². The van der Waals surface area contributed by atoms with Crippen molar-refractivity contribution in [3.05, 3.63) is 35.9 Å². The Morgan fingerprint density at radius 3 is 2.35 bits per heavy atom. The summed E-state index contributed by atoms with van der Waals surface area (Å²) in [6, 6.07) is 10.9. The van der Waals surface area contributed by atoms with E-state index in [-0.39, 0.29) is 5.60 Å². The number of benzene rings is 1. The summed E-state index contributed by atoms with van der Waals surface area (Å²) in [6.45, 7) is 2.28. The maximum atomic E-state index is 6.15.